The molecule has 2 aromatic rings. The van der Waals surface area contributed by atoms with Crippen molar-refractivity contribution in [3.05, 3.63) is 58.3 Å². The Morgan fingerprint density at radius 2 is 2.00 bits per heavy atom. The molecule has 1 aromatic heterocycles. The minimum absolute atomic E-state index is 0.102. The van der Waals surface area contributed by atoms with Crippen molar-refractivity contribution >= 4 is 27.5 Å². The van der Waals surface area contributed by atoms with Crippen LogP contribution in [-0.2, 0) is 0 Å². The topological polar surface area (TPSA) is 80.0 Å². The van der Waals surface area contributed by atoms with Gasteiger partial charge in [-0.3, -0.25) is 15.6 Å². The molecule has 20 heavy (non-hydrogen) atoms. The lowest BCUT2D eigenvalue weighted by Gasteiger charge is -2.15. The second kappa shape index (κ2) is 6.49. The number of benzene rings is 1. The lowest BCUT2D eigenvalue weighted by atomic mass is 10.1. The molecule has 1 atom stereocenters. The van der Waals surface area contributed by atoms with Crippen molar-refractivity contribution in [2.45, 2.75) is 13.0 Å². The molecular formula is C14H15BrN4O. The van der Waals surface area contributed by atoms with E-state index in [0.29, 0.717) is 11.3 Å². The maximum Gasteiger partial charge on any atom is 0.254 e. The molecule has 0 saturated heterocycles. The van der Waals surface area contributed by atoms with E-state index in [4.69, 9.17) is 5.84 Å². The number of anilines is 1. The van der Waals surface area contributed by atoms with Crippen LogP contribution in [0.1, 0.15) is 28.9 Å². The minimum atomic E-state index is -0.198. The van der Waals surface area contributed by atoms with E-state index in [9.17, 15) is 4.79 Å². The lowest BCUT2D eigenvalue weighted by Crippen LogP contribution is -2.28. The Morgan fingerprint density at radius 1 is 1.30 bits per heavy atom. The van der Waals surface area contributed by atoms with Gasteiger partial charge in [0.25, 0.3) is 5.91 Å². The van der Waals surface area contributed by atoms with Crippen LogP contribution in [-0.4, -0.2) is 10.9 Å². The molecule has 0 saturated carbocycles. The summed E-state index contributed by atoms with van der Waals surface area (Å²) in [5.74, 6) is 5.17. The summed E-state index contributed by atoms with van der Waals surface area (Å²) in [5.41, 5.74) is 4.45. The van der Waals surface area contributed by atoms with Crippen LogP contribution in [0.25, 0.3) is 0 Å². The molecular weight excluding hydrogens is 320 g/mol. The molecule has 0 spiro atoms. The molecule has 0 radical (unpaired) electrons. The molecule has 0 bridgehead atoms. The van der Waals surface area contributed by atoms with Gasteiger partial charge < -0.3 is 10.7 Å². The van der Waals surface area contributed by atoms with Gasteiger partial charge in [0, 0.05) is 10.7 Å². The van der Waals surface area contributed by atoms with Crippen molar-refractivity contribution < 1.29 is 4.79 Å². The third-order valence-electron chi connectivity index (χ3n) is 2.94. The van der Waals surface area contributed by atoms with Crippen LogP contribution in [0.5, 0.6) is 0 Å². The lowest BCUT2D eigenvalue weighted by molar-refractivity contribution is 0.0940. The van der Waals surface area contributed by atoms with Crippen LogP contribution in [0.4, 0.5) is 5.69 Å². The molecule has 5 nitrogen and oxygen atoms in total. The van der Waals surface area contributed by atoms with Crippen LogP contribution < -0.4 is 16.6 Å². The standard InChI is InChI=1S/C14H15BrN4O/c1-9(10-2-4-11(15)5-3-10)18-14(20)12-6-7-17-8-13(12)19-16/h2-9,19H,16H2,1H3,(H,18,20). The number of amides is 1. The summed E-state index contributed by atoms with van der Waals surface area (Å²) in [7, 11) is 0. The number of halogens is 1. The normalized spacial score (nSPS) is 11.8. The number of nitrogens with one attached hydrogen (secondary N) is 2. The van der Waals surface area contributed by atoms with E-state index in [1.165, 1.54) is 6.20 Å². The Labute approximate surface area is 125 Å². The summed E-state index contributed by atoms with van der Waals surface area (Å²) in [4.78, 5) is 16.1. The summed E-state index contributed by atoms with van der Waals surface area (Å²) in [6.45, 7) is 1.93. The van der Waals surface area contributed by atoms with Gasteiger partial charge in [0.2, 0.25) is 0 Å². The third kappa shape index (κ3) is 3.34. The highest BCUT2D eigenvalue weighted by atomic mass is 79.9. The quantitative estimate of drug-likeness (QED) is 0.593. The fraction of sp³-hybridized carbons (Fsp3) is 0.143. The zero-order valence-corrected chi connectivity index (χ0v) is 12.5. The van der Waals surface area contributed by atoms with Gasteiger partial charge in [0.05, 0.1) is 23.5 Å². The number of rotatable bonds is 4. The van der Waals surface area contributed by atoms with Gasteiger partial charge in [-0.05, 0) is 30.7 Å². The van der Waals surface area contributed by atoms with Crippen LogP contribution in [0.3, 0.4) is 0 Å². The molecule has 4 N–H and O–H groups in total. The maximum absolute atomic E-state index is 12.2. The van der Waals surface area contributed by atoms with Crippen molar-refractivity contribution in [2.75, 3.05) is 5.43 Å². The largest absolute Gasteiger partial charge is 0.345 e. The molecule has 2 rings (SSSR count). The Hall–Kier alpha value is -1.92. The van der Waals surface area contributed by atoms with E-state index >= 15 is 0 Å². The first-order chi connectivity index (χ1) is 9.61. The Bertz CT molecular complexity index is 600. The molecule has 1 heterocycles. The Kier molecular flexibility index (Phi) is 4.70. The van der Waals surface area contributed by atoms with Crippen LogP contribution in [0, 0.1) is 0 Å². The van der Waals surface area contributed by atoms with Gasteiger partial charge in [-0.1, -0.05) is 28.1 Å². The molecule has 1 amide bonds. The molecule has 0 aliphatic rings. The average molecular weight is 335 g/mol. The summed E-state index contributed by atoms with van der Waals surface area (Å²) >= 11 is 3.38. The minimum Gasteiger partial charge on any atom is -0.345 e. The van der Waals surface area contributed by atoms with Crippen molar-refractivity contribution in [3.8, 4) is 0 Å². The van der Waals surface area contributed by atoms with E-state index in [1.54, 1.807) is 12.3 Å². The number of nitrogen functional groups attached to an aromatic ring is 1. The first-order valence-corrected chi connectivity index (χ1v) is 6.88. The van der Waals surface area contributed by atoms with E-state index in [2.05, 4.69) is 31.7 Å². The fourth-order valence-electron chi connectivity index (χ4n) is 1.82. The van der Waals surface area contributed by atoms with Crippen molar-refractivity contribution in [1.82, 2.24) is 10.3 Å². The van der Waals surface area contributed by atoms with Gasteiger partial charge in [-0.15, -0.1) is 0 Å². The zero-order valence-electron chi connectivity index (χ0n) is 10.9. The number of hydrazine groups is 1. The van der Waals surface area contributed by atoms with Gasteiger partial charge in [-0.2, -0.15) is 0 Å². The van der Waals surface area contributed by atoms with Crippen LogP contribution in [0.15, 0.2) is 47.2 Å². The number of hydrogen-bond donors (Lipinski definition) is 3. The second-order valence-corrected chi connectivity index (χ2v) is 5.23. The predicted molar refractivity (Wildman–Crippen MR) is 82.1 cm³/mol. The number of hydrogen-bond acceptors (Lipinski definition) is 4. The summed E-state index contributed by atoms with van der Waals surface area (Å²) < 4.78 is 1.00. The van der Waals surface area contributed by atoms with E-state index in [1.807, 2.05) is 31.2 Å². The van der Waals surface area contributed by atoms with E-state index < -0.39 is 0 Å². The SMILES string of the molecule is CC(NC(=O)c1ccncc1NN)c1ccc(Br)cc1. The molecule has 104 valence electrons. The zero-order chi connectivity index (χ0) is 14.5. The number of carbonyl (C=O) groups is 1. The van der Waals surface area contributed by atoms with Gasteiger partial charge in [0.15, 0.2) is 0 Å². The average Bonchev–Trinajstić information content (AvgIpc) is 2.47. The summed E-state index contributed by atoms with van der Waals surface area (Å²) in [6.07, 6.45) is 3.07. The Morgan fingerprint density at radius 3 is 2.65 bits per heavy atom. The Balaban J connectivity index is 2.13. The number of nitrogens with two attached hydrogens (primary N) is 1. The molecule has 1 aromatic carbocycles. The number of aromatic nitrogens is 1. The maximum atomic E-state index is 12.2. The first-order valence-electron chi connectivity index (χ1n) is 6.08. The highest BCUT2D eigenvalue weighted by Crippen LogP contribution is 2.18. The van der Waals surface area contributed by atoms with Gasteiger partial charge in [-0.25, -0.2) is 0 Å². The number of carbonyl (C=O) groups excluding carboxylic acids is 1. The molecule has 0 aliphatic carbocycles. The first kappa shape index (κ1) is 14.5. The van der Waals surface area contributed by atoms with Crippen molar-refractivity contribution in [2.24, 2.45) is 5.84 Å². The molecule has 0 aliphatic heterocycles. The third-order valence-corrected chi connectivity index (χ3v) is 3.47. The smallest absolute Gasteiger partial charge is 0.254 e. The predicted octanol–water partition coefficient (Wildman–Crippen LogP) is 2.62. The van der Waals surface area contributed by atoms with Crippen LogP contribution in [0.2, 0.25) is 0 Å². The van der Waals surface area contributed by atoms with Crippen molar-refractivity contribution in [1.29, 1.82) is 0 Å². The van der Waals surface area contributed by atoms with E-state index in [-0.39, 0.29) is 11.9 Å². The fourth-order valence-corrected chi connectivity index (χ4v) is 2.08. The summed E-state index contributed by atoms with van der Waals surface area (Å²) in [5, 5.41) is 2.93. The number of nitrogens with zero attached hydrogens (tertiary/aromatic N) is 1. The monoisotopic (exact) mass is 334 g/mol. The highest BCUT2D eigenvalue weighted by molar-refractivity contribution is 9.10. The molecule has 6 heteroatoms. The van der Waals surface area contributed by atoms with Gasteiger partial charge >= 0.3 is 0 Å². The van der Waals surface area contributed by atoms with Crippen LogP contribution >= 0.6 is 15.9 Å². The van der Waals surface area contributed by atoms with E-state index in [0.717, 1.165) is 10.0 Å². The van der Waals surface area contributed by atoms with Gasteiger partial charge in [0.1, 0.15) is 0 Å². The highest BCUT2D eigenvalue weighted by Gasteiger charge is 2.14. The molecule has 0 fully saturated rings. The summed E-state index contributed by atoms with van der Waals surface area (Å²) in [6, 6.07) is 9.33. The second-order valence-electron chi connectivity index (χ2n) is 4.31. The molecule has 1 unspecified atom stereocenters. The number of pyridine rings is 1. The van der Waals surface area contributed by atoms with Crippen molar-refractivity contribution in [3.63, 3.8) is 0 Å².